The molecule has 70 valence electrons. The van der Waals surface area contributed by atoms with E-state index >= 15 is 0 Å². The molecule has 1 heterocycles. The fourth-order valence-electron chi connectivity index (χ4n) is 0.821. The summed E-state index contributed by atoms with van der Waals surface area (Å²) in [6.07, 6.45) is 1.23. The Morgan fingerprint density at radius 2 is 2.38 bits per heavy atom. The first-order valence-electron chi connectivity index (χ1n) is 3.92. The summed E-state index contributed by atoms with van der Waals surface area (Å²) in [6, 6.07) is 1.50. The quantitative estimate of drug-likeness (QED) is 0.740. The van der Waals surface area contributed by atoms with Crippen LogP contribution in [-0.4, -0.2) is 34.9 Å². The third kappa shape index (κ3) is 2.14. The van der Waals surface area contributed by atoms with E-state index in [0.29, 0.717) is 5.82 Å². The SMILES string of the molecule is CCN(C)c1cc(C(=O)O)cnn1. The van der Waals surface area contributed by atoms with E-state index in [1.165, 1.54) is 12.3 Å². The van der Waals surface area contributed by atoms with Crippen LogP contribution in [0.25, 0.3) is 0 Å². The molecule has 1 aromatic rings. The highest BCUT2D eigenvalue weighted by molar-refractivity contribution is 5.87. The van der Waals surface area contributed by atoms with E-state index in [1.807, 2.05) is 18.9 Å². The maximum atomic E-state index is 10.6. The van der Waals surface area contributed by atoms with Gasteiger partial charge in [-0.2, -0.15) is 5.10 Å². The van der Waals surface area contributed by atoms with Crippen molar-refractivity contribution < 1.29 is 9.90 Å². The van der Waals surface area contributed by atoms with Crippen molar-refractivity contribution in [1.29, 1.82) is 0 Å². The van der Waals surface area contributed by atoms with Crippen LogP contribution in [0.15, 0.2) is 12.3 Å². The van der Waals surface area contributed by atoms with Gasteiger partial charge < -0.3 is 10.0 Å². The molecule has 5 heteroatoms. The molecule has 0 saturated carbocycles. The highest BCUT2D eigenvalue weighted by atomic mass is 16.4. The zero-order valence-electron chi connectivity index (χ0n) is 7.56. The number of carbonyl (C=O) groups is 1. The molecule has 0 fully saturated rings. The summed E-state index contributed by atoms with van der Waals surface area (Å²) in [5, 5.41) is 16.1. The van der Waals surface area contributed by atoms with Crippen LogP contribution in [0.2, 0.25) is 0 Å². The van der Waals surface area contributed by atoms with Crippen molar-refractivity contribution in [3.8, 4) is 0 Å². The summed E-state index contributed by atoms with van der Waals surface area (Å²) in [4.78, 5) is 12.4. The van der Waals surface area contributed by atoms with E-state index in [2.05, 4.69) is 10.2 Å². The number of anilines is 1. The average Bonchev–Trinajstić information content (AvgIpc) is 2.17. The van der Waals surface area contributed by atoms with Gasteiger partial charge in [-0.1, -0.05) is 0 Å². The lowest BCUT2D eigenvalue weighted by atomic mass is 10.3. The van der Waals surface area contributed by atoms with Crippen molar-refractivity contribution in [3.05, 3.63) is 17.8 Å². The molecule has 1 aromatic heterocycles. The minimum Gasteiger partial charge on any atom is -0.478 e. The Balaban J connectivity index is 2.98. The van der Waals surface area contributed by atoms with Gasteiger partial charge in [-0.25, -0.2) is 4.79 Å². The van der Waals surface area contributed by atoms with Gasteiger partial charge >= 0.3 is 5.97 Å². The highest BCUT2D eigenvalue weighted by Gasteiger charge is 2.06. The smallest absolute Gasteiger partial charge is 0.337 e. The molecule has 0 bridgehead atoms. The molecule has 0 radical (unpaired) electrons. The van der Waals surface area contributed by atoms with Gasteiger partial charge in [0.15, 0.2) is 5.82 Å². The van der Waals surface area contributed by atoms with E-state index in [9.17, 15) is 4.79 Å². The van der Waals surface area contributed by atoms with Crippen LogP contribution >= 0.6 is 0 Å². The van der Waals surface area contributed by atoms with Gasteiger partial charge in [0.2, 0.25) is 0 Å². The topological polar surface area (TPSA) is 66.3 Å². The Labute approximate surface area is 76.0 Å². The van der Waals surface area contributed by atoms with E-state index in [-0.39, 0.29) is 5.56 Å². The molecular formula is C8H11N3O2. The van der Waals surface area contributed by atoms with Gasteiger partial charge in [-0.15, -0.1) is 5.10 Å². The summed E-state index contributed by atoms with van der Waals surface area (Å²) in [7, 11) is 1.83. The maximum Gasteiger partial charge on any atom is 0.337 e. The minimum atomic E-state index is -0.986. The standard InChI is InChI=1S/C8H11N3O2/c1-3-11(2)7-4-6(8(12)13)5-9-10-7/h4-5H,3H2,1-2H3,(H,12,13). The van der Waals surface area contributed by atoms with Crippen molar-refractivity contribution in [1.82, 2.24) is 10.2 Å². The lowest BCUT2D eigenvalue weighted by Gasteiger charge is -2.14. The van der Waals surface area contributed by atoms with E-state index in [0.717, 1.165) is 6.54 Å². The van der Waals surface area contributed by atoms with Crippen LogP contribution in [0.1, 0.15) is 17.3 Å². The zero-order chi connectivity index (χ0) is 9.84. The predicted molar refractivity (Wildman–Crippen MR) is 47.9 cm³/mol. The Bertz CT molecular complexity index is 314. The summed E-state index contributed by atoms with van der Waals surface area (Å²) >= 11 is 0. The highest BCUT2D eigenvalue weighted by Crippen LogP contribution is 2.08. The molecule has 0 aromatic carbocycles. The van der Waals surface area contributed by atoms with Gasteiger partial charge in [0.25, 0.3) is 0 Å². The van der Waals surface area contributed by atoms with E-state index in [1.54, 1.807) is 0 Å². The summed E-state index contributed by atoms with van der Waals surface area (Å²) in [5.41, 5.74) is 0.158. The van der Waals surface area contributed by atoms with Gasteiger partial charge in [-0.3, -0.25) is 0 Å². The first kappa shape index (κ1) is 9.44. The Hall–Kier alpha value is -1.65. The number of carboxylic acid groups (broad SMARTS) is 1. The second-order valence-corrected chi connectivity index (χ2v) is 2.62. The molecule has 0 saturated heterocycles. The molecule has 13 heavy (non-hydrogen) atoms. The maximum absolute atomic E-state index is 10.6. The van der Waals surface area contributed by atoms with Gasteiger partial charge in [-0.05, 0) is 13.0 Å². The van der Waals surface area contributed by atoms with Crippen LogP contribution in [-0.2, 0) is 0 Å². The van der Waals surface area contributed by atoms with Gasteiger partial charge in [0.1, 0.15) is 0 Å². The van der Waals surface area contributed by atoms with E-state index in [4.69, 9.17) is 5.11 Å². The average molecular weight is 181 g/mol. The van der Waals surface area contributed by atoms with Gasteiger partial charge in [0, 0.05) is 13.6 Å². The lowest BCUT2D eigenvalue weighted by molar-refractivity contribution is 0.0696. The second-order valence-electron chi connectivity index (χ2n) is 2.62. The molecule has 5 nitrogen and oxygen atoms in total. The molecule has 0 aliphatic heterocycles. The first-order valence-corrected chi connectivity index (χ1v) is 3.92. The molecule has 0 aliphatic rings. The van der Waals surface area contributed by atoms with Crippen molar-refractivity contribution in [3.63, 3.8) is 0 Å². The van der Waals surface area contributed by atoms with Crippen molar-refractivity contribution in [2.45, 2.75) is 6.92 Å². The van der Waals surface area contributed by atoms with Crippen molar-refractivity contribution in [2.75, 3.05) is 18.5 Å². The lowest BCUT2D eigenvalue weighted by Crippen LogP contribution is -2.18. The monoisotopic (exact) mass is 181 g/mol. The number of aromatic nitrogens is 2. The third-order valence-corrected chi connectivity index (χ3v) is 1.75. The van der Waals surface area contributed by atoms with Crippen LogP contribution in [0, 0.1) is 0 Å². The van der Waals surface area contributed by atoms with Crippen LogP contribution in [0.4, 0.5) is 5.82 Å². The van der Waals surface area contributed by atoms with Crippen molar-refractivity contribution >= 4 is 11.8 Å². The third-order valence-electron chi connectivity index (χ3n) is 1.75. The summed E-state index contributed by atoms with van der Waals surface area (Å²) in [6.45, 7) is 2.72. The molecular weight excluding hydrogens is 170 g/mol. The molecule has 0 atom stereocenters. The molecule has 0 amide bonds. The number of hydrogen-bond donors (Lipinski definition) is 1. The summed E-state index contributed by atoms with van der Waals surface area (Å²) < 4.78 is 0. The summed E-state index contributed by atoms with van der Waals surface area (Å²) in [5.74, 6) is -0.414. The molecule has 0 spiro atoms. The van der Waals surface area contributed by atoms with Gasteiger partial charge in [0.05, 0.1) is 11.8 Å². The number of carboxylic acids is 1. The number of nitrogens with zero attached hydrogens (tertiary/aromatic N) is 3. The molecule has 1 N–H and O–H groups in total. The Kier molecular flexibility index (Phi) is 2.79. The van der Waals surface area contributed by atoms with Crippen molar-refractivity contribution in [2.24, 2.45) is 0 Å². The number of aromatic carboxylic acids is 1. The second kappa shape index (κ2) is 3.84. The number of rotatable bonds is 3. The Morgan fingerprint density at radius 3 is 2.92 bits per heavy atom. The molecule has 1 rings (SSSR count). The molecule has 0 unspecified atom stereocenters. The predicted octanol–water partition coefficient (Wildman–Crippen LogP) is 0.631. The van der Waals surface area contributed by atoms with Crippen LogP contribution < -0.4 is 4.90 Å². The first-order chi connectivity index (χ1) is 6.15. The molecule has 0 aliphatic carbocycles. The van der Waals surface area contributed by atoms with Crippen LogP contribution in [0.3, 0.4) is 0 Å². The van der Waals surface area contributed by atoms with E-state index < -0.39 is 5.97 Å². The number of hydrogen-bond acceptors (Lipinski definition) is 4. The zero-order valence-corrected chi connectivity index (χ0v) is 7.56. The minimum absolute atomic E-state index is 0.158. The normalized spacial score (nSPS) is 9.69. The fraction of sp³-hybridized carbons (Fsp3) is 0.375. The fourth-order valence-corrected chi connectivity index (χ4v) is 0.821. The largest absolute Gasteiger partial charge is 0.478 e. The van der Waals surface area contributed by atoms with Crippen LogP contribution in [0.5, 0.6) is 0 Å². The Morgan fingerprint density at radius 1 is 1.69 bits per heavy atom.